The highest BCUT2D eigenvalue weighted by Gasteiger charge is 2.27. The minimum absolute atomic E-state index is 0.109. The van der Waals surface area contributed by atoms with Gasteiger partial charge in [0.25, 0.3) is 5.91 Å². The van der Waals surface area contributed by atoms with Gasteiger partial charge in [-0.1, -0.05) is 0 Å². The predicted octanol–water partition coefficient (Wildman–Crippen LogP) is 0.392. The summed E-state index contributed by atoms with van der Waals surface area (Å²) in [7, 11) is 0. The van der Waals surface area contributed by atoms with Crippen molar-refractivity contribution in [3.63, 3.8) is 0 Å². The Morgan fingerprint density at radius 2 is 2.22 bits per heavy atom. The standard InChI is InChI=1S/C13H14N2O3/c14-7-10-1-3-11(4-2-10)13(17)15-5-6-18-9-12(15)8-16/h1-4,12,16H,5-6,8-9H2. The molecule has 1 aromatic rings. The fraction of sp³-hybridized carbons (Fsp3) is 0.385. The first-order valence-corrected chi connectivity index (χ1v) is 5.76. The van der Waals surface area contributed by atoms with Crippen molar-refractivity contribution < 1.29 is 14.6 Å². The van der Waals surface area contributed by atoms with Crippen molar-refractivity contribution in [2.45, 2.75) is 6.04 Å². The second kappa shape index (κ2) is 5.63. The van der Waals surface area contributed by atoms with Gasteiger partial charge in [0.1, 0.15) is 0 Å². The number of hydrogen-bond acceptors (Lipinski definition) is 4. The number of aliphatic hydroxyl groups is 1. The molecular weight excluding hydrogens is 232 g/mol. The molecule has 18 heavy (non-hydrogen) atoms. The van der Waals surface area contributed by atoms with Crippen molar-refractivity contribution in [3.8, 4) is 6.07 Å². The van der Waals surface area contributed by atoms with Gasteiger partial charge in [-0.05, 0) is 24.3 Å². The van der Waals surface area contributed by atoms with E-state index in [1.54, 1.807) is 29.2 Å². The third kappa shape index (κ3) is 2.50. The zero-order chi connectivity index (χ0) is 13.0. The van der Waals surface area contributed by atoms with Crippen LogP contribution in [0, 0.1) is 11.3 Å². The fourth-order valence-corrected chi connectivity index (χ4v) is 1.93. The van der Waals surface area contributed by atoms with Crippen LogP contribution < -0.4 is 0 Å². The Hall–Kier alpha value is -1.90. The molecule has 1 aromatic carbocycles. The van der Waals surface area contributed by atoms with E-state index in [-0.39, 0.29) is 18.6 Å². The van der Waals surface area contributed by atoms with Crippen molar-refractivity contribution in [3.05, 3.63) is 35.4 Å². The highest BCUT2D eigenvalue weighted by atomic mass is 16.5. The van der Waals surface area contributed by atoms with Crippen LogP contribution in [0.5, 0.6) is 0 Å². The summed E-state index contributed by atoms with van der Waals surface area (Å²) in [5.74, 6) is -0.137. The van der Waals surface area contributed by atoms with Gasteiger partial charge in [-0.25, -0.2) is 0 Å². The fourth-order valence-electron chi connectivity index (χ4n) is 1.93. The first kappa shape index (κ1) is 12.6. The van der Waals surface area contributed by atoms with Gasteiger partial charge in [-0.2, -0.15) is 5.26 Å². The van der Waals surface area contributed by atoms with Crippen LogP contribution in [0.4, 0.5) is 0 Å². The lowest BCUT2D eigenvalue weighted by molar-refractivity contribution is -0.0183. The Morgan fingerprint density at radius 3 is 2.83 bits per heavy atom. The van der Waals surface area contributed by atoms with Crippen LogP contribution in [0.1, 0.15) is 15.9 Å². The first-order chi connectivity index (χ1) is 8.76. The maximum Gasteiger partial charge on any atom is 0.254 e. The van der Waals surface area contributed by atoms with Crippen LogP contribution in [-0.4, -0.2) is 48.3 Å². The van der Waals surface area contributed by atoms with Crippen molar-refractivity contribution in [1.82, 2.24) is 4.90 Å². The minimum Gasteiger partial charge on any atom is -0.394 e. The summed E-state index contributed by atoms with van der Waals surface area (Å²) < 4.78 is 5.23. The van der Waals surface area contributed by atoms with Gasteiger partial charge in [0.2, 0.25) is 0 Å². The summed E-state index contributed by atoms with van der Waals surface area (Å²) in [4.78, 5) is 13.9. The van der Waals surface area contributed by atoms with Gasteiger partial charge in [0, 0.05) is 12.1 Å². The average molecular weight is 246 g/mol. The van der Waals surface area contributed by atoms with E-state index in [9.17, 15) is 9.90 Å². The molecule has 1 aliphatic rings. The average Bonchev–Trinajstić information content (AvgIpc) is 2.46. The van der Waals surface area contributed by atoms with Crippen LogP contribution in [-0.2, 0) is 4.74 Å². The summed E-state index contributed by atoms with van der Waals surface area (Å²) in [5.41, 5.74) is 1.04. The molecule has 0 bridgehead atoms. The largest absolute Gasteiger partial charge is 0.394 e. The van der Waals surface area contributed by atoms with Crippen LogP contribution >= 0.6 is 0 Å². The molecule has 1 fully saturated rings. The number of hydrogen-bond donors (Lipinski definition) is 1. The van der Waals surface area contributed by atoms with E-state index in [4.69, 9.17) is 10.00 Å². The van der Waals surface area contributed by atoms with Crippen LogP contribution in [0.15, 0.2) is 24.3 Å². The molecule has 0 aromatic heterocycles. The predicted molar refractivity (Wildman–Crippen MR) is 63.9 cm³/mol. The Labute approximate surface area is 105 Å². The molecule has 94 valence electrons. The lowest BCUT2D eigenvalue weighted by Crippen LogP contribution is -2.50. The van der Waals surface area contributed by atoms with E-state index in [1.807, 2.05) is 6.07 Å². The number of carbonyl (C=O) groups is 1. The van der Waals surface area contributed by atoms with Crippen molar-refractivity contribution in [1.29, 1.82) is 5.26 Å². The molecule has 2 rings (SSSR count). The smallest absolute Gasteiger partial charge is 0.254 e. The molecule has 1 saturated heterocycles. The number of ether oxygens (including phenoxy) is 1. The Morgan fingerprint density at radius 1 is 1.50 bits per heavy atom. The maximum atomic E-state index is 12.2. The topological polar surface area (TPSA) is 73.6 Å². The zero-order valence-electron chi connectivity index (χ0n) is 9.87. The molecule has 1 atom stereocenters. The molecule has 1 amide bonds. The molecule has 0 spiro atoms. The minimum atomic E-state index is -0.290. The molecule has 0 saturated carbocycles. The molecular formula is C13H14N2O3. The second-order valence-electron chi connectivity index (χ2n) is 4.10. The summed E-state index contributed by atoms with van der Waals surface area (Å²) in [6.45, 7) is 1.21. The van der Waals surface area contributed by atoms with Gasteiger partial charge in [0.15, 0.2) is 0 Å². The lowest BCUT2D eigenvalue weighted by Gasteiger charge is -2.34. The van der Waals surface area contributed by atoms with Gasteiger partial charge in [0.05, 0.1) is 37.5 Å². The SMILES string of the molecule is N#Cc1ccc(C(=O)N2CCOCC2CO)cc1. The number of benzene rings is 1. The molecule has 0 aliphatic carbocycles. The van der Waals surface area contributed by atoms with Crippen LogP contribution in [0.2, 0.25) is 0 Å². The van der Waals surface area contributed by atoms with E-state index < -0.39 is 0 Å². The summed E-state index contributed by atoms with van der Waals surface area (Å²) in [6.07, 6.45) is 0. The third-order valence-corrected chi connectivity index (χ3v) is 2.96. The number of aliphatic hydroxyl groups excluding tert-OH is 1. The molecule has 0 radical (unpaired) electrons. The van der Waals surface area contributed by atoms with Crippen molar-refractivity contribution >= 4 is 5.91 Å². The van der Waals surface area contributed by atoms with Gasteiger partial charge < -0.3 is 14.7 Å². The summed E-state index contributed by atoms with van der Waals surface area (Å²) >= 11 is 0. The monoisotopic (exact) mass is 246 g/mol. The highest BCUT2D eigenvalue weighted by Crippen LogP contribution is 2.13. The zero-order valence-corrected chi connectivity index (χ0v) is 9.87. The van der Waals surface area contributed by atoms with Crippen LogP contribution in [0.3, 0.4) is 0 Å². The molecule has 1 aliphatic heterocycles. The molecule has 5 nitrogen and oxygen atoms in total. The van der Waals surface area contributed by atoms with Crippen molar-refractivity contribution in [2.24, 2.45) is 0 Å². The summed E-state index contributed by atoms with van der Waals surface area (Å²) in [5, 5.41) is 17.9. The number of nitrogens with zero attached hydrogens (tertiary/aromatic N) is 2. The Balaban J connectivity index is 2.16. The number of amides is 1. The molecule has 1 unspecified atom stereocenters. The summed E-state index contributed by atoms with van der Waals surface area (Å²) in [6, 6.07) is 8.20. The van der Waals surface area contributed by atoms with Crippen LogP contribution in [0.25, 0.3) is 0 Å². The number of rotatable bonds is 2. The van der Waals surface area contributed by atoms with E-state index >= 15 is 0 Å². The second-order valence-corrected chi connectivity index (χ2v) is 4.10. The molecule has 5 heteroatoms. The first-order valence-electron chi connectivity index (χ1n) is 5.76. The molecule has 1 heterocycles. The van der Waals surface area contributed by atoms with E-state index in [0.717, 1.165) is 0 Å². The van der Waals surface area contributed by atoms with Gasteiger partial charge in [-0.15, -0.1) is 0 Å². The maximum absolute atomic E-state index is 12.2. The third-order valence-electron chi connectivity index (χ3n) is 2.96. The van der Waals surface area contributed by atoms with E-state index in [1.165, 1.54) is 0 Å². The van der Waals surface area contributed by atoms with Gasteiger partial charge in [-0.3, -0.25) is 4.79 Å². The normalized spacial score (nSPS) is 19.3. The van der Waals surface area contributed by atoms with E-state index in [2.05, 4.69) is 0 Å². The number of nitriles is 1. The quantitative estimate of drug-likeness (QED) is 0.819. The Kier molecular flexibility index (Phi) is 3.92. The number of carbonyl (C=O) groups excluding carboxylic acids is 1. The van der Waals surface area contributed by atoms with Gasteiger partial charge >= 0.3 is 0 Å². The molecule has 1 N–H and O–H groups in total. The van der Waals surface area contributed by atoms with E-state index in [0.29, 0.717) is 30.9 Å². The van der Waals surface area contributed by atoms with Crippen molar-refractivity contribution in [2.75, 3.05) is 26.4 Å². The number of morpholine rings is 1. The lowest BCUT2D eigenvalue weighted by atomic mass is 10.1. The highest BCUT2D eigenvalue weighted by molar-refractivity contribution is 5.94. The Bertz CT molecular complexity index is 464.